The molecule has 0 saturated heterocycles. The zero-order chi connectivity index (χ0) is 18.6. The summed E-state index contributed by atoms with van der Waals surface area (Å²) >= 11 is 0. The van der Waals surface area contributed by atoms with E-state index in [1.54, 1.807) is 0 Å². The maximum Gasteiger partial charge on any atom is 0.411 e. The standard InChI is InChI=1S/C14H18N4O7/c1-22-9-5-7-8(6-10(9)23-2)15-14(16-11(7)19,17-12(20)24-3)18-13(21)25-4/h5-6,15H,1-4H3,(H,16,19)(H,17,20)(H,18,21). The van der Waals surface area contributed by atoms with Gasteiger partial charge < -0.3 is 24.3 Å². The minimum absolute atomic E-state index is 0.214. The van der Waals surface area contributed by atoms with Crippen molar-refractivity contribution in [1.82, 2.24) is 16.0 Å². The van der Waals surface area contributed by atoms with Gasteiger partial charge in [0, 0.05) is 6.07 Å². The van der Waals surface area contributed by atoms with E-state index in [-0.39, 0.29) is 11.3 Å². The summed E-state index contributed by atoms with van der Waals surface area (Å²) in [4.78, 5) is 35.7. The van der Waals surface area contributed by atoms with E-state index in [9.17, 15) is 14.4 Å². The molecule has 25 heavy (non-hydrogen) atoms. The number of rotatable bonds is 4. The molecule has 11 heteroatoms. The van der Waals surface area contributed by atoms with Gasteiger partial charge >= 0.3 is 12.2 Å². The van der Waals surface area contributed by atoms with E-state index < -0.39 is 24.0 Å². The van der Waals surface area contributed by atoms with Crippen LogP contribution in [0.5, 0.6) is 11.5 Å². The first kappa shape index (κ1) is 18.0. The highest BCUT2D eigenvalue weighted by Crippen LogP contribution is 2.35. The number of amides is 3. The molecule has 0 radical (unpaired) electrons. The van der Waals surface area contributed by atoms with Crippen LogP contribution in [-0.4, -0.2) is 52.4 Å². The molecule has 3 amide bonds. The Bertz CT molecular complexity index is 689. The largest absolute Gasteiger partial charge is 0.493 e. The zero-order valence-electron chi connectivity index (χ0n) is 14.0. The average molecular weight is 354 g/mol. The molecule has 4 N–H and O–H groups in total. The van der Waals surface area contributed by atoms with Crippen molar-refractivity contribution in [3.63, 3.8) is 0 Å². The summed E-state index contributed by atoms with van der Waals surface area (Å²) in [6.45, 7) is 0. The Hall–Kier alpha value is -3.37. The number of alkyl carbamates (subject to hydrolysis) is 2. The van der Waals surface area contributed by atoms with Gasteiger partial charge in [0.05, 0.1) is 39.7 Å². The van der Waals surface area contributed by atoms with E-state index in [0.29, 0.717) is 11.5 Å². The molecule has 1 heterocycles. The van der Waals surface area contributed by atoms with Crippen LogP contribution in [-0.2, 0) is 9.47 Å². The minimum Gasteiger partial charge on any atom is -0.493 e. The smallest absolute Gasteiger partial charge is 0.411 e. The van der Waals surface area contributed by atoms with E-state index >= 15 is 0 Å². The molecule has 0 aliphatic carbocycles. The van der Waals surface area contributed by atoms with Crippen LogP contribution in [0.1, 0.15) is 10.4 Å². The second-order valence-corrected chi connectivity index (χ2v) is 4.82. The van der Waals surface area contributed by atoms with E-state index in [1.165, 1.54) is 26.4 Å². The lowest BCUT2D eigenvalue weighted by Crippen LogP contribution is -2.76. The van der Waals surface area contributed by atoms with Gasteiger partial charge in [-0.25, -0.2) is 9.59 Å². The molecule has 0 atom stereocenters. The number of hydrogen-bond donors (Lipinski definition) is 4. The first-order valence-electron chi connectivity index (χ1n) is 6.97. The Kier molecular flexibility index (Phi) is 5.05. The highest BCUT2D eigenvalue weighted by molar-refractivity contribution is 6.03. The van der Waals surface area contributed by atoms with Gasteiger partial charge in [0.25, 0.3) is 11.8 Å². The number of carbonyl (C=O) groups excluding carboxylic acids is 3. The second kappa shape index (κ2) is 7.03. The fourth-order valence-corrected chi connectivity index (χ4v) is 2.21. The lowest BCUT2D eigenvalue weighted by atomic mass is 10.1. The Labute approximate surface area is 142 Å². The van der Waals surface area contributed by atoms with Crippen LogP contribution >= 0.6 is 0 Å². The van der Waals surface area contributed by atoms with E-state index in [2.05, 4.69) is 30.7 Å². The van der Waals surface area contributed by atoms with Crippen molar-refractivity contribution in [3.8, 4) is 11.5 Å². The van der Waals surface area contributed by atoms with Gasteiger partial charge in [0.15, 0.2) is 11.5 Å². The highest BCUT2D eigenvalue weighted by atomic mass is 16.5. The number of nitrogens with one attached hydrogen (secondary N) is 4. The Morgan fingerprint density at radius 2 is 1.44 bits per heavy atom. The molecule has 0 saturated carbocycles. The van der Waals surface area contributed by atoms with Crippen LogP contribution in [0.15, 0.2) is 12.1 Å². The van der Waals surface area contributed by atoms with Crippen molar-refractivity contribution >= 4 is 23.8 Å². The molecular formula is C14H18N4O7. The van der Waals surface area contributed by atoms with Gasteiger partial charge in [-0.3, -0.25) is 20.7 Å². The number of benzene rings is 1. The van der Waals surface area contributed by atoms with E-state index in [1.807, 2.05) is 0 Å². The average Bonchev–Trinajstić information content (AvgIpc) is 2.60. The number of hydrogen-bond acceptors (Lipinski definition) is 8. The maximum absolute atomic E-state index is 12.5. The minimum atomic E-state index is -1.87. The van der Waals surface area contributed by atoms with Crippen LogP contribution in [0.3, 0.4) is 0 Å². The fourth-order valence-electron chi connectivity index (χ4n) is 2.21. The Balaban J connectivity index is 2.47. The van der Waals surface area contributed by atoms with Crippen molar-refractivity contribution < 1.29 is 33.3 Å². The monoisotopic (exact) mass is 354 g/mol. The summed E-state index contributed by atoms with van der Waals surface area (Å²) in [5.74, 6) is -1.78. The summed E-state index contributed by atoms with van der Waals surface area (Å²) in [5, 5.41) is 9.83. The Morgan fingerprint density at radius 1 is 0.920 bits per heavy atom. The van der Waals surface area contributed by atoms with Gasteiger partial charge in [0.1, 0.15) is 0 Å². The van der Waals surface area contributed by atoms with E-state index in [4.69, 9.17) is 9.47 Å². The summed E-state index contributed by atoms with van der Waals surface area (Å²) in [7, 11) is 5.13. The zero-order valence-corrected chi connectivity index (χ0v) is 14.0. The normalized spacial score (nSPS) is 14.2. The van der Waals surface area contributed by atoms with Gasteiger partial charge in [-0.2, -0.15) is 0 Å². The number of carbonyl (C=O) groups is 3. The number of methoxy groups -OCH3 is 4. The van der Waals surface area contributed by atoms with Gasteiger partial charge in [-0.1, -0.05) is 0 Å². The van der Waals surface area contributed by atoms with Crippen LogP contribution in [0.4, 0.5) is 15.3 Å². The summed E-state index contributed by atoms with van der Waals surface area (Å²) in [6, 6.07) is 2.94. The lowest BCUT2D eigenvalue weighted by Gasteiger charge is -2.39. The summed E-state index contributed by atoms with van der Waals surface area (Å²) < 4.78 is 19.4. The van der Waals surface area contributed by atoms with Gasteiger partial charge in [-0.05, 0) is 6.07 Å². The molecule has 11 nitrogen and oxygen atoms in total. The molecule has 0 bridgehead atoms. The number of fused-ring (bicyclic) bond motifs is 1. The molecule has 136 valence electrons. The second-order valence-electron chi connectivity index (χ2n) is 4.82. The van der Waals surface area contributed by atoms with Crippen molar-refractivity contribution in [3.05, 3.63) is 17.7 Å². The molecule has 0 aromatic heterocycles. The molecule has 0 fully saturated rings. The van der Waals surface area contributed by atoms with Crippen LogP contribution < -0.4 is 30.7 Å². The molecule has 2 rings (SSSR count). The fraction of sp³-hybridized carbons (Fsp3) is 0.357. The van der Waals surface area contributed by atoms with Gasteiger partial charge in [0.2, 0.25) is 0 Å². The third kappa shape index (κ3) is 3.59. The Morgan fingerprint density at radius 3 is 1.92 bits per heavy atom. The molecular weight excluding hydrogens is 336 g/mol. The van der Waals surface area contributed by atoms with E-state index in [0.717, 1.165) is 14.2 Å². The van der Waals surface area contributed by atoms with Gasteiger partial charge in [-0.15, -0.1) is 0 Å². The maximum atomic E-state index is 12.5. The highest BCUT2D eigenvalue weighted by Gasteiger charge is 2.42. The predicted molar refractivity (Wildman–Crippen MR) is 84.4 cm³/mol. The molecule has 0 spiro atoms. The SMILES string of the molecule is COC(=O)NC1(NC(=O)OC)NC(=O)c2cc(OC)c(OC)cc2N1. The molecule has 0 unspecified atom stereocenters. The summed E-state index contributed by atoms with van der Waals surface area (Å²) in [5.41, 5.74) is 0.487. The third-order valence-electron chi connectivity index (χ3n) is 3.34. The first-order chi connectivity index (χ1) is 11.9. The van der Waals surface area contributed by atoms with Crippen molar-refractivity contribution in [2.45, 2.75) is 5.91 Å². The molecule has 1 aliphatic heterocycles. The quantitative estimate of drug-likeness (QED) is 0.562. The van der Waals surface area contributed by atoms with Crippen molar-refractivity contribution in [1.29, 1.82) is 0 Å². The molecule has 1 aliphatic rings. The van der Waals surface area contributed by atoms with Crippen LogP contribution in [0.2, 0.25) is 0 Å². The topological polar surface area (TPSA) is 136 Å². The number of ether oxygens (including phenoxy) is 4. The third-order valence-corrected chi connectivity index (χ3v) is 3.34. The first-order valence-corrected chi connectivity index (χ1v) is 6.97. The molecule has 1 aromatic rings. The van der Waals surface area contributed by atoms with Crippen molar-refractivity contribution in [2.24, 2.45) is 0 Å². The lowest BCUT2D eigenvalue weighted by molar-refractivity contribution is 0.0828. The summed E-state index contributed by atoms with van der Waals surface area (Å²) in [6.07, 6.45) is -1.82. The predicted octanol–water partition coefficient (Wildman–Crippen LogP) is 0.182. The van der Waals surface area contributed by atoms with Crippen molar-refractivity contribution in [2.75, 3.05) is 33.8 Å². The van der Waals surface area contributed by atoms with Crippen LogP contribution in [0, 0.1) is 0 Å². The van der Waals surface area contributed by atoms with Crippen LogP contribution in [0.25, 0.3) is 0 Å². The number of anilines is 1. The molecule has 1 aromatic carbocycles.